The first-order valence-corrected chi connectivity index (χ1v) is 9.81. The van der Waals surface area contributed by atoms with Crippen molar-refractivity contribution in [2.24, 2.45) is 7.05 Å². The SMILES string of the molecule is Cc1cc(=O)cc(C(=O)NCC(c2ccccc2)N2CCCCCC2)n1C. The predicted octanol–water partition coefficient (Wildman–Crippen LogP) is 3.04. The molecule has 0 aliphatic carbocycles. The van der Waals surface area contributed by atoms with E-state index < -0.39 is 0 Å². The van der Waals surface area contributed by atoms with Gasteiger partial charge in [0.25, 0.3) is 5.91 Å². The molecule has 5 heteroatoms. The van der Waals surface area contributed by atoms with E-state index in [1.165, 1.54) is 37.3 Å². The molecule has 0 radical (unpaired) electrons. The van der Waals surface area contributed by atoms with Crippen molar-refractivity contribution in [1.29, 1.82) is 0 Å². The molecule has 1 saturated heterocycles. The number of hydrogen-bond acceptors (Lipinski definition) is 3. The number of nitrogens with zero attached hydrogens (tertiary/aromatic N) is 2. The summed E-state index contributed by atoms with van der Waals surface area (Å²) in [7, 11) is 1.81. The second-order valence-electron chi connectivity index (χ2n) is 7.36. The highest BCUT2D eigenvalue weighted by Gasteiger charge is 2.22. The number of rotatable bonds is 5. The molecule has 0 bridgehead atoms. The Hall–Kier alpha value is -2.40. The number of carbonyl (C=O) groups excluding carboxylic acids is 1. The number of likely N-dealkylation sites (tertiary alicyclic amines) is 1. The molecule has 144 valence electrons. The summed E-state index contributed by atoms with van der Waals surface area (Å²) in [5.41, 5.74) is 2.27. The Morgan fingerprint density at radius 1 is 1.07 bits per heavy atom. The summed E-state index contributed by atoms with van der Waals surface area (Å²) < 4.78 is 1.76. The number of hydrogen-bond donors (Lipinski definition) is 1. The molecule has 1 aliphatic rings. The number of benzene rings is 1. The fraction of sp³-hybridized carbons (Fsp3) is 0.455. The summed E-state index contributed by atoms with van der Waals surface area (Å²) in [5, 5.41) is 3.07. The van der Waals surface area contributed by atoms with Crippen LogP contribution in [0.25, 0.3) is 0 Å². The molecule has 1 N–H and O–H groups in total. The first-order chi connectivity index (χ1) is 13.1. The normalized spacial score (nSPS) is 16.5. The molecule has 1 aliphatic heterocycles. The average molecular weight is 367 g/mol. The Balaban J connectivity index is 1.78. The van der Waals surface area contributed by atoms with Crippen molar-refractivity contribution in [1.82, 2.24) is 14.8 Å². The van der Waals surface area contributed by atoms with E-state index >= 15 is 0 Å². The van der Waals surface area contributed by atoms with Crippen LogP contribution in [-0.2, 0) is 7.05 Å². The monoisotopic (exact) mass is 367 g/mol. The third-order valence-corrected chi connectivity index (χ3v) is 5.47. The van der Waals surface area contributed by atoms with Gasteiger partial charge in [-0.3, -0.25) is 14.5 Å². The van der Waals surface area contributed by atoms with E-state index in [0.29, 0.717) is 12.2 Å². The highest BCUT2D eigenvalue weighted by atomic mass is 16.2. The zero-order valence-corrected chi connectivity index (χ0v) is 16.3. The van der Waals surface area contributed by atoms with Crippen molar-refractivity contribution in [2.45, 2.75) is 38.6 Å². The molecule has 3 rings (SSSR count). The van der Waals surface area contributed by atoms with Gasteiger partial charge in [-0.05, 0) is 38.4 Å². The fourth-order valence-electron chi connectivity index (χ4n) is 3.80. The Morgan fingerprint density at radius 3 is 2.41 bits per heavy atom. The van der Waals surface area contributed by atoms with Crippen molar-refractivity contribution in [3.63, 3.8) is 0 Å². The Bertz CT molecular complexity index is 821. The molecular formula is C22H29N3O2. The van der Waals surface area contributed by atoms with Crippen LogP contribution < -0.4 is 10.7 Å². The average Bonchev–Trinajstić information content (AvgIpc) is 2.95. The molecule has 1 atom stereocenters. The van der Waals surface area contributed by atoms with Gasteiger partial charge >= 0.3 is 0 Å². The molecule has 2 aromatic rings. The van der Waals surface area contributed by atoms with Crippen molar-refractivity contribution >= 4 is 5.91 Å². The van der Waals surface area contributed by atoms with E-state index in [-0.39, 0.29) is 17.4 Å². The zero-order valence-electron chi connectivity index (χ0n) is 16.3. The van der Waals surface area contributed by atoms with Crippen molar-refractivity contribution in [3.05, 3.63) is 69.6 Å². The summed E-state index contributed by atoms with van der Waals surface area (Å²) >= 11 is 0. The number of pyridine rings is 1. The molecule has 27 heavy (non-hydrogen) atoms. The van der Waals surface area contributed by atoms with Gasteiger partial charge in [0.2, 0.25) is 0 Å². The second kappa shape index (κ2) is 9.00. The molecule has 0 saturated carbocycles. The van der Waals surface area contributed by atoms with E-state index in [0.717, 1.165) is 18.8 Å². The summed E-state index contributed by atoms with van der Waals surface area (Å²) in [4.78, 5) is 27.1. The topological polar surface area (TPSA) is 54.3 Å². The largest absolute Gasteiger partial charge is 0.349 e. The molecule has 0 spiro atoms. The van der Waals surface area contributed by atoms with Crippen LogP contribution in [0.5, 0.6) is 0 Å². The number of carbonyl (C=O) groups is 1. The van der Waals surface area contributed by atoms with Crippen molar-refractivity contribution < 1.29 is 4.79 Å². The quantitative estimate of drug-likeness (QED) is 0.884. The maximum absolute atomic E-state index is 12.8. The van der Waals surface area contributed by atoms with Crippen LogP contribution in [0.4, 0.5) is 0 Å². The molecular weight excluding hydrogens is 338 g/mol. The number of aromatic nitrogens is 1. The van der Waals surface area contributed by atoms with Gasteiger partial charge in [0.05, 0.1) is 6.04 Å². The Labute approximate surface area is 161 Å². The minimum absolute atomic E-state index is 0.136. The van der Waals surface area contributed by atoms with Crippen LogP contribution in [0.2, 0.25) is 0 Å². The molecule has 2 heterocycles. The van der Waals surface area contributed by atoms with Gasteiger partial charge in [-0.25, -0.2) is 0 Å². The molecule has 1 unspecified atom stereocenters. The first-order valence-electron chi connectivity index (χ1n) is 9.81. The minimum atomic E-state index is -0.200. The number of aryl methyl sites for hydroxylation is 1. The second-order valence-corrected chi connectivity index (χ2v) is 7.36. The third kappa shape index (κ3) is 4.86. The number of nitrogens with one attached hydrogen (secondary N) is 1. The van der Waals surface area contributed by atoms with Gasteiger partial charge in [-0.15, -0.1) is 0 Å². The van der Waals surface area contributed by atoms with E-state index in [2.05, 4.69) is 22.3 Å². The highest BCUT2D eigenvalue weighted by Crippen LogP contribution is 2.23. The van der Waals surface area contributed by atoms with Crippen molar-refractivity contribution in [3.8, 4) is 0 Å². The summed E-state index contributed by atoms with van der Waals surface area (Å²) in [5.74, 6) is -0.200. The minimum Gasteiger partial charge on any atom is -0.349 e. The van der Waals surface area contributed by atoms with E-state index in [9.17, 15) is 9.59 Å². The van der Waals surface area contributed by atoms with Gasteiger partial charge < -0.3 is 9.88 Å². The van der Waals surface area contributed by atoms with E-state index in [1.54, 1.807) is 10.6 Å². The van der Waals surface area contributed by atoms with E-state index in [1.807, 2.05) is 32.2 Å². The Kier molecular flexibility index (Phi) is 6.45. The lowest BCUT2D eigenvalue weighted by atomic mass is 10.0. The molecule has 1 fully saturated rings. The van der Waals surface area contributed by atoms with Gasteiger partial charge in [0.1, 0.15) is 5.69 Å². The molecule has 1 amide bonds. The van der Waals surface area contributed by atoms with Crippen LogP contribution in [0.1, 0.15) is 53.5 Å². The van der Waals surface area contributed by atoms with Crippen LogP contribution in [0, 0.1) is 6.92 Å². The lowest BCUT2D eigenvalue weighted by Crippen LogP contribution is -2.39. The van der Waals surface area contributed by atoms with E-state index in [4.69, 9.17) is 0 Å². The summed E-state index contributed by atoms with van der Waals surface area (Å²) in [6.45, 7) is 4.48. The maximum atomic E-state index is 12.8. The summed E-state index contributed by atoms with van der Waals surface area (Å²) in [6, 6.07) is 13.5. The molecule has 1 aromatic heterocycles. The van der Waals surface area contributed by atoms with Crippen LogP contribution in [-0.4, -0.2) is 35.0 Å². The highest BCUT2D eigenvalue weighted by molar-refractivity contribution is 5.92. The van der Waals surface area contributed by atoms with Gasteiger partial charge in [0, 0.05) is 31.4 Å². The van der Waals surface area contributed by atoms with Crippen molar-refractivity contribution in [2.75, 3.05) is 19.6 Å². The predicted molar refractivity (Wildman–Crippen MR) is 108 cm³/mol. The van der Waals surface area contributed by atoms with Gasteiger partial charge in [-0.1, -0.05) is 43.2 Å². The first kappa shape index (κ1) is 19.4. The zero-order chi connectivity index (χ0) is 19.2. The lowest BCUT2D eigenvalue weighted by Gasteiger charge is -2.31. The standard InChI is InChI=1S/C22H29N3O2/c1-17-14-19(26)15-20(24(17)2)22(27)23-16-21(18-10-6-5-7-11-18)25-12-8-3-4-9-13-25/h5-7,10-11,14-15,21H,3-4,8-9,12-13,16H2,1-2H3,(H,23,27). The lowest BCUT2D eigenvalue weighted by molar-refractivity contribution is 0.0924. The molecule has 5 nitrogen and oxygen atoms in total. The smallest absolute Gasteiger partial charge is 0.268 e. The van der Waals surface area contributed by atoms with Crippen LogP contribution in [0.15, 0.2) is 47.3 Å². The number of amides is 1. The summed E-state index contributed by atoms with van der Waals surface area (Å²) in [6.07, 6.45) is 4.94. The van der Waals surface area contributed by atoms with Crippen LogP contribution >= 0.6 is 0 Å². The molecule has 1 aromatic carbocycles. The van der Waals surface area contributed by atoms with Crippen LogP contribution in [0.3, 0.4) is 0 Å². The Morgan fingerprint density at radius 2 is 1.74 bits per heavy atom. The van der Waals surface area contributed by atoms with Gasteiger partial charge in [-0.2, -0.15) is 0 Å². The fourth-order valence-corrected chi connectivity index (χ4v) is 3.80. The van der Waals surface area contributed by atoms with Gasteiger partial charge in [0.15, 0.2) is 5.43 Å². The maximum Gasteiger partial charge on any atom is 0.268 e. The third-order valence-electron chi connectivity index (χ3n) is 5.47.